The molecule has 0 spiro atoms. The highest BCUT2D eigenvalue weighted by Gasteiger charge is 2.29. The lowest BCUT2D eigenvalue weighted by Crippen LogP contribution is -2.34. The molecular weight excluding hydrogens is 456 g/mol. The van der Waals surface area contributed by atoms with Crippen LogP contribution >= 0.6 is 0 Å². The summed E-state index contributed by atoms with van der Waals surface area (Å²) in [5.74, 6) is 2.48. The van der Waals surface area contributed by atoms with Crippen LogP contribution in [0.1, 0.15) is 82.6 Å². The number of aliphatic hydroxyl groups excluding tert-OH is 1. The molecule has 2 heterocycles. The van der Waals surface area contributed by atoms with Crippen molar-refractivity contribution in [1.82, 2.24) is 15.1 Å². The van der Waals surface area contributed by atoms with E-state index in [2.05, 4.69) is 10.3 Å². The highest BCUT2D eigenvalue weighted by molar-refractivity contribution is 6.05. The van der Waals surface area contributed by atoms with Gasteiger partial charge in [0.15, 0.2) is 0 Å². The zero-order valence-electron chi connectivity index (χ0n) is 21.6. The van der Waals surface area contributed by atoms with E-state index in [1.807, 2.05) is 28.0 Å². The summed E-state index contributed by atoms with van der Waals surface area (Å²) in [5.41, 5.74) is 1.95. The molecule has 8 nitrogen and oxygen atoms in total. The summed E-state index contributed by atoms with van der Waals surface area (Å²) >= 11 is 0. The molecule has 2 fully saturated rings. The molecule has 1 saturated carbocycles. The van der Waals surface area contributed by atoms with E-state index in [4.69, 9.17) is 4.74 Å². The Morgan fingerprint density at radius 1 is 1.08 bits per heavy atom. The van der Waals surface area contributed by atoms with Crippen LogP contribution in [0.4, 0.5) is 5.69 Å². The molecule has 0 radical (unpaired) electrons. The minimum absolute atomic E-state index is 0.0182. The van der Waals surface area contributed by atoms with Crippen LogP contribution in [-0.2, 0) is 16.1 Å². The first-order chi connectivity index (χ1) is 17.6. The number of hydrogen-bond acceptors (Lipinski definition) is 6. The lowest BCUT2D eigenvalue weighted by molar-refractivity contribution is -0.132. The van der Waals surface area contributed by atoms with Crippen molar-refractivity contribution in [3.05, 3.63) is 23.8 Å². The van der Waals surface area contributed by atoms with Gasteiger partial charge in [-0.15, -0.1) is 0 Å². The number of aliphatic imine (C=N–C) groups is 1. The molecule has 8 heteroatoms. The molecule has 2 N–H and O–H groups in total. The van der Waals surface area contributed by atoms with Gasteiger partial charge in [-0.3, -0.25) is 14.9 Å². The van der Waals surface area contributed by atoms with E-state index in [-0.39, 0.29) is 18.4 Å². The lowest BCUT2D eigenvalue weighted by atomic mass is 10.0. The molecule has 1 aromatic carbocycles. The number of fused-ring (bicyclic) bond motifs is 2. The van der Waals surface area contributed by atoms with Crippen LogP contribution in [0, 0.1) is 5.92 Å². The fourth-order valence-corrected chi connectivity index (χ4v) is 5.51. The first-order valence-electron chi connectivity index (χ1n) is 13.9. The highest BCUT2D eigenvalue weighted by Crippen LogP contribution is 2.31. The fraction of sp³-hybridized carbons (Fsp3) is 0.679. The number of hydrogen-bond donors (Lipinski definition) is 2. The largest absolute Gasteiger partial charge is 0.494 e. The minimum atomic E-state index is -0.0182. The van der Waals surface area contributed by atoms with E-state index < -0.39 is 0 Å². The number of nitrogens with zero attached hydrogens (tertiary/aromatic N) is 3. The predicted octanol–water partition coefficient (Wildman–Crippen LogP) is 4.13. The molecular formula is C28H42N4O4. The van der Waals surface area contributed by atoms with Gasteiger partial charge in [0, 0.05) is 32.1 Å². The zero-order valence-corrected chi connectivity index (χ0v) is 21.6. The normalized spacial score (nSPS) is 17.0. The number of guanidine groups is 1. The first kappa shape index (κ1) is 26.5. The van der Waals surface area contributed by atoms with Crippen molar-refractivity contribution in [2.75, 3.05) is 32.8 Å². The van der Waals surface area contributed by atoms with Gasteiger partial charge in [-0.1, -0.05) is 57.4 Å². The monoisotopic (exact) mass is 498 g/mol. The van der Waals surface area contributed by atoms with Crippen molar-refractivity contribution < 1.29 is 19.4 Å². The number of ether oxygens (including phenoxy) is 1. The Hall–Kier alpha value is -2.61. The summed E-state index contributed by atoms with van der Waals surface area (Å²) in [6.07, 6.45) is 13.4. The van der Waals surface area contributed by atoms with Crippen LogP contribution < -0.4 is 10.1 Å². The van der Waals surface area contributed by atoms with E-state index in [1.165, 1.54) is 38.5 Å². The Bertz CT molecular complexity index is 913. The van der Waals surface area contributed by atoms with Crippen molar-refractivity contribution in [2.24, 2.45) is 10.9 Å². The van der Waals surface area contributed by atoms with E-state index in [9.17, 15) is 14.7 Å². The molecule has 0 aromatic heterocycles. The summed E-state index contributed by atoms with van der Waals surface area (Å²) in [7, 11) is 0. The topological polar surface area (TPSA) is 94.5 Å². The Kier molecular flexibility index (Phi) is 10.0. The second-order valence-electron chi connectivity index (χ2n) is 10.4. The number of amides is 2. The summed E-state index contributed by atoms with van der Waals surface area (Å²) < 4.78 is 5.92. The Morgan fingerprint density at radius 3 is 2.75 bits per heavy atom. The number of benzene rings is 1. The molecule has 198 valence electrons. The Labute approximate surface area is 215 Å². The van der Waals surface area contributed by atoms with Crippen LogP contribution in [0.15, 0.2) is 23.2 Å². The number of nitrogens with one attached hydrogen (secondary N) is 1. The Morgan fingerprint density at radius 2 is 1.92 bits per heavy atom. The first-order valence-corrected chi connectivity index (χ1v) is 13.9. The third kappa shape index (κ3) is 7.69. The van der Waals surface area contributed by atoms with Gasteiger partial charge >= 0.3 is 0 Å². The average Bonchev–Trinajstić information content (AvgIpc) is 3.52. The molecule has 1 aromatic rings. The SMILES string of the molecule is O=C1CN2Cc3ccc(OCCCCCCC(=O)N(CCO)CCCCC4CCCC4)cc3N=C2N1. The van der Waals surface area contributed by atoms with E-state index in [1.54, 1.807) is 0 Å². The summed E-state index contributed by atoms with van der Waals surface area (Å²) in [6, 6.07) is 5.92. The number of aliphatic hydroxyl groups is 1. The molecule has 0 unspecified atom stereocenters. The Balaban J connectivity index is 1.07. The van der Waals surface area contributed by atoms with Gasteiger partial charge in [0.1, 0.15) is 12.3 Å². The van der Waals surface area contributed by atoms with Crippen molar-refractivity contribution >= 4 is 23.5 Å². The number of unbranched alkanes of at least 4 members (excludes halogenated alkanes) is 4. The van der Waals surface area contributed by atoms with Gasteiger partial charge in [-0.05, 0) is 36.8 Å². The molecule has 36 heavy (non-hydrogen) atoms. The minimum Gasteiger partial charge on any atom is -0.494 e. The quantitative estimate of drug-likeness (QED) is 0.355. The van der Waals surface area contributed by atoms with Crippen molar-refractivity contribution in [1.29, 1.82) is 0 Å². The molecule has 0 atom stereocenters. The fourth-order valence-electron chi connectivity index (χ4n) is 5.51. The van der Waals surface area contributed by atoms with Crippen molar-refractivity contribution in [3.8, 4) is 5.75 Å². The third-order valence-corrected chi connectivity index (χ3v) is 7.57. The number of rotatable bonds is 15. The summed E-state index contributed by atoms with van der Waals surface area (Å²) in [6.45, 7) is 2.94. The second-order valence-corrected chi connectivity index (χ2v) is 10.4. The van der Waals surface area contributed by atoms with Crippen molar-refractivity contribution in [2.45, 2.75) is 83.6 Å². The number of carbonyl (C=O) groups excluding carboxylic acids is 2. The van der Waals surface area contributed by atoms with Gasteiger partial charge < -0.3 is 19.6 Å². The van der Waals surface area contributed by atoms with E-state index in [0.717, 1.165) is 61.6 Å². The third-order valence-electron chi connectivity index (χ3n) is 7.57. The average molecular weight is 499 g/mol. The molecule has 3 aliphatic rings. The van der Waals surface area contributed by atoms with Gasteiger partial charge in [-0.25, -0.2) is 4.99 Å². The molecule has 0 bridgehead atoms. The van der Waals surface area contributed by atoms with Crippen LogP contribution in [0.25, 0.3) is 0 Å². The second kappa shape index (κ2) is 13.6. The van der Waals surface area contributed by atoms with Gasteiger partial charge in [0.2, 0.25) is 17.8 Å². The smallest absolute Gasteiger partial charge is 0.246 e. The maximum atomic E-state index is 12.6. The van der Waals surface area contributed by atoms with E-state index in [0.29, 0.717) is 38.6 Å². The van der Waals surface area contributed by atoms with Gasteiger partial charge in [0.05, 0.1) is 18.9 Å². The van der Waals surface area contributed by atoms with E-state index >= 15 is 0 Å². The predicted molar refractivity (Wildman–Crippen MR) is 140 cm³/mol. The van der Waals surface area contributed by atoms with Gasteiger partial charge in [0.25, 0.3) is 0 Å². The van der Waals surface area contributed by atoms with Crippen molar-refractivity contribution in [3.63, 3.8) is 0 Å². The highest BCUT2D eigenvalue weighted by atomic mass is 16.5. The molecule has 4 rings (SSSR count). The van der Waals surface area contributed by atoms with Crippen LogP contribution in [-0.4, -0.2) is 65.5 Å². The molecule has 2 aliphatic heterocycles. The van der Waals surface area contributed by atoms with Crippen LogP contribution in [0.5, 0.6) is 5.75 Å². The summed E-state index contributed by atoms with van der Waals surface area (Å²) in [4.78, 5) is 32.5. The molecule has 1 saturated heterocycles. The number of carbonyl (C=O) groups is 2. The maximum Gasteiger partial charge on any atom is 0.246 e. The van der Waals surface area contributed by atoms with Crippen LogP contribution in [0.3, 0.4) is 0 Å². The lowest BCUT2D eigenvalue weighted by Gasteiger charge is -2.23. The summed E-state index contributed by atoms with van der Waals surface area (Å²) in [5, 5.41) is 12.1. The van der Waals surface area contributed by atoms with Crippen LogP contribution in [0.2, 0.25) is 0 Å². The molecule has 1 aliphatic carbocycles. The zero-order chi connectivity index (χ0) is 25.2. The van der Waals surface area contributed by atoms with Gasteiger partial charge in [-0.2, -0.15) is 0 Å². The standard InChI is InChI=1S/C28H42N4O4/c33-17-16-31(15-7-6-11-22-9-4-5-10-22)27(35)12-3-1-2-8-18-36-24-14-13-23-20-32-21-26(34)30-28(32)29-25(23)19-24/h13-14,19,22,33H,1-12,15-18,20-21H2,(H,29,30,34). The molecule has 2 amide bonds. The maximum absolute atomic E-state index is 12.6.